The molecule has 0 amide bonds. The lowest BCUT2D eigenvalue weighted by Gasteiger charge is -2.14. The first kappa shape index (κ1) is 15.1. The van der Waals surface area contributed by atoms with Crippen LogP contribution in [0.4, 0.5) is 13.2 Å². The summed E-state index contributed by atoms with van der Waals surface area (Å²) in [5.74, 6) is -1.59. The van der Waals surface area contributed by atoms with Crippen LogP contribution < -0.4 is 5.73 Å². The summed E-state index contributed by atoms with van der Waals surface area (Å²) in [6.45, 7) is 0. The molecule has 0 spiro atoms. The molecule has 5 heteroatoms. The molecule has 0 radical (unpaired) electrons. The van der Waals surface area contributed by atoms with Crippen LogP contribution in [0.3, 0.4) is 0 Å². The van der Waals surface area contributed by atoms with Gasteiger partial charge in [-0.25, -0.2) is 13.2 Å². The number of nitrogens with two attached hydrogens (primary N) is 1. The fourth-order valence-electron chi connectivity index (χ4n) is 2.03. The highest BCUT2D eigenvalue weighted by Gasteiger charge is 2.13. The van der Waals surface area contributed by atoms with Crippen LogP contribution in [0.15, 0.2) is 40.9 Å². The lowest BCUT2D eigenvalue weighted by molar-refractivity contribution is 0.557. The van der Waals surface area contributed by atoms with Crippen LogP contribution in [0.1, 0.15) is 11.1 Å². The second-order valence-electron chi connectivity index (χ2n) is 4.62. The molecule has 0 heterocycles. The fourth-order valence-corrected chi connectivity index (χ4v) is 2.46. The highest BCUT2D eigenvalue weighted by molar-refractivity contribution is 9.10. The molecule has 1 unspecified atom stereocenters. The van der Waals surface area contributed by atoms with Gasteiger partial charge in [0.05, 0.1) is 4.47 Å². The van der Waals surface area contributed by atoms with E-state index in [0.29, 0.717) is 16.5 Å². The van der Waals surface area contributed by atoms with Crippen molar-refractivity contribution >= 4 is 15.9 Å². The molecular formula is C15H13BrF3N. The summed E-state index contributed by atoms with van der Waals surface area (Å²) < 4.78 is 40.1. The quantitative estimate of drug-likeness (QED) is 0.892. The first-order chi connectivity index (χ1) is 9.47. The second kappa shape index (κ2) is 6.41. The zero-order chi connectivity index (χ0) is 14.7. The predicted octanol–water partition coefficient (Wildman–Crippen LogP) is 3.98. The lowest BCUT2D eigenvalue weighted by atomic mass is 9.99. The number of hydrogen-bond donors (Lipinski definition) is 1. The molecular weight excluding hydrogens is 331 g/mol. The lowest BCUT2D eigenvalue weighted by Crippen LogP contribution is -2.26. The first-order valence-electron chi connectivity index (χ1n) is 6.09. The van der Waals surface area contributed by atoms with Gasteiger partial charge in [-0.15, -0.1) is 0 Å². The molecule has 2 aromatic carbocycles. The summed E-state index contributed by atoms with van der Waals surface area (Å²) in [4.78, 5) is 0. The Morgan fingerprint density at radius 3 is 2.35 bits per heavy atom. The van der Waals surface area contributed by atoms with Gasteiger partial charge in [-0.3, -0.25) is 0 Å². The van der Waals surface area contributed by atoms with Gasteiger partial charge in [0.1, 0.15) is 17.5 Å². The summed E-state index contributed by atoms with van der Waals surface area (Å²) in [6, 6.07) is 7.73. The fraction of sp³-hybridized carbons (Fsp3) is 0.200. The van der Waals surface area contributed by atoms with Crippen molar-refractivity contribution in [2.75, 3.05) is 0 Å². The van der Waals surface area contributed by atoms with E-state index in [1.807, 2.05) is 0 Å². The number of hydrogen-bond acceptors (Lipinski definition) is 1. The van der Waals surface area contributed by atoms with Crippen LogP contribution in [0, 0.1) is 17.5 Å². The van der Waals surface area contributed by atoms with Crippen molar-refractivity contribution in [3.63, 3.8) is 0 Å². The van der Waals surface area contributed by atoms with E-state index in [4.69, 9.17) is 5.73 Å². The summed E-state index contributed by atoms with van der Waals surface area (Å²) in [5.41, 5.74) is 7.04. The third-order valence-electron chi connectivity index (χ3n) is 3.01. The second-order valence-corrected chi connectivity index (χ2v) is 5.41. The van der Waals surface area contributed by atoms with Gasteiger partial charge in [0, 0.05) is 12.1 Å². The van der Waals surface area contributed by atoms with Crippen LogP contribution in [-0.2, 0) is 12.8 Å². The molecule has 0 aromatic heterocycles. The van der Waals surface area contributed by atoms with E-state index < -0.39 is 11.6 Å². The maximum Gasteiger partial charge on any atom is 0.137 e. The third-order valence-corrected chi connectivity index (χ3v) is 3.90. The van der Waals surface area contributed by atoms with E-state index in [9.17, 15) is 13.2 Å². The van der Waals surface area contributed by atoms with Gasteiger partial charge in [-0.1, -0.05) is 18.2 Å². The van der Waals surface area contributed by atoms with Crippen LogP contribution >= 0.6 is 15.9 Å². The van der Waals surface area contributed by atoms with Gasteiger partial charge in [0.2, 0.25) is 0 Å². The van der Waals surface area contributed by atoms with Gasteiger partial charge in [-0.2, -0.15) is 0 Å². The van der Waals surface area contributed by atoms with Crippen molar-refractivity contribution in [3.8, 4) is 0 Å². The Labute approximate surface area is 123 Å². The van der Waals surface area contributed by atoms with Crippen molar-refractivity contribution in [2.45, 2.75) is 18.9 Å². The SMILES string of the molecule is NC(Cc1ccc(F)cc1F)Cc1cccc(F)c1Br. The Balaban J connectivity index is 2.09. The minimum atomic E-state index is -0.618. The van der Waals surface area contributed by atoms with E-state index in [1.165, 1.54) is 18.2 Å². The van der Waals surface area contributed by atoms with Gasteiger partial charge >= 0.3 is 0 Å². The third kappa shape index (κ3) is 3.61. The molecule has 2 rings (SSSR count). The average Bonchev–Trinajstić information content (AvgIpc) is 2.38. The zero-order valence-electron chi connectivity index (χ0n) is 10.5. The normalized spacial score (nSPS) is 12.4. The zero-order valence-corrected chi connectivity index (χ0v) is 12.1. The highest BCUT2D eigenvalue weighted by Crippen LogP contribution is 2.22. The molecule has 2 N–H and O–H groups in total. The Hall–Kier alpha value is -1.33. The molecule has 106 valence electrons. The van der Waals surface area contributed by atoms with E-state index in [1.54, 1.807) is 12.1 Å². The number of halogens is 4. The van der Waals surface area contributed by atoms with Crippen molar-refractivity contribution in [1.82, 2.24) is 0 Å². The molecule has 1 atom stereocenters. The van der Waals surface area contributed by atoms with E-state index in [-0.39, 0.29) is 18.3 Å². The maximum atomic E-state index is 13.5. The average molecular weight is 344 g/mol. The number of benzene rings is 2. The standard InChI is InChI=1S/C15H13BrF3N/c16-15-10(2-1-3-13(15)18)7-12(20)6-9-4-5-11(17)8-14(9)19/h1-5,8,12H,6-7,20H2. The molecule has 0 bridgehead atoms. The molecule has 0 aliphatic heterocycles. The molecule has 20 heavy (non-hydrogen) atoms. The molecule has 0 aliphatic carbocycles. The van der Waals surface area contributed by atoms with Crippen molar-refractivity contribution in [1.29, 1.82) is 0 Å². The first-order valence-corrected chi connectivity index (χ1v) is 6.89. The van der Waals surface area contributed by atoms with Gasteiger partial charge in [0.15, 0.2) is 0 Å². The summed E-state index contributed by atoms with van der Waals surface area (Å²) in [7, 11) is 0. The van der Waals surface area contributed by atoms with Crippen LogP contribution in [0.25, 0.3) is 0 Å². The van der Waals surface area contributed by atoms with Crippen molar-refractivity contribution in [2.24, 2.45) is 5.73 Å². The Morgan fingerprint density at radius 1 is 0.950 bits per heavy atom. The largest absolute Gasteiger partial charge is 0.327 e. The smallest absolute Gasteiger partial charge is 0.137 e. The molecule has 0 aliphatic rings. The van der Waals surface area contributed by atoms with Crippen LogP contribution in [0.2, 0.25) is 0 Å². The maximum absolute atomic E-state index is 13.5. The summed E-state index contributed by atoms with van der Waals surface area (Å²) >= 11 is 3.16. The monoisotopic (exact) mass is 343 g/mol. The molecule has 0 fully saturated rings. The van der Waals surface area contributed by atoms with Crippen molar-refractivity contribution < 1.29 is 13.2 Å². The van der Waals surface area contributed by atoms with Gasteiger partial charge in [-0.05, 0) is 52.0 Å². The van der Waals surface area contributed by atoms with E-state index in [2.05, 4.69) is 15.9 Å². The van der Waals surface area contributed by atoms with Gasteiger partial charge in [0.25, 0.3) is 0 Å². The van der Waals surface area contributed by atoms with Crippen molar-refractivity contribution in [3.05, 3.63) is 69.4 Å². The Bertz CT molecular complexity index is 616. The minimum Gasteiger partial charge on any atom is -0.327 e. The summed E-state index contributed by atoms with van der Waals surface area (Å²) in [5, 5.41) is 0. The molecule has 1 nitrogen and oxygen atoms in total. The minimum absolute atomic E-state index is 0.259. The highest BCUT2D eigenvalue weighted by atomic mass is 79.9. The topological polar surface area (TPSA) is 26.0 Å². The van der Waals surface area contributed by atoms with E-state index >= 15 is 0 Å². The molecule has 0 saturated carbocycles. The van der Waals surface area contributed by atoms with Gasteiger partial charge < -0.3 is 5.73 Å². The molecule has 0 saturated heterocycles. The summed E-state index contributed by atoms with van der Waals surface area (Å²) in [6.07, 6.45) is 0.657. The predicted molar refractivity (Wildman–Crippen MR) is 75.8 cm³/mol. The Morgan fingerprint density at radius 2 is 1.65 bits per heavy atom. The number of rotatable bonds is 4. The Kier molecular flexibility index (Phi) is 4.83. The molecule has 2 aromatic rings. The van der Waals surface area contributed by atoms with Crippen LogP contribution in [0.5, 0.6) is 0 Å². The van der Waals surface area contributed by atoms with E-state index in [0.717, 1.165) is 11.6 Å². The van der Waals surface area contributed by atoms with Crippen LogP contribution in [-0.4, -0.2) is 6.04 Å².